The van der Waals surface area contributed by atoms with Crippen molar-refractivity contribution in [2.45, 2.75) is 19.3 Å². The fraction of sp³-hybridized carbons (Fsp3) is 0.333. The number of pyridine rings is 1. The molecule has 6 nitrogen and oxygen atoms in total. The molecule has 3 rings (SSSR count). The Morgan fingerprint density at radius 3 is 2.70 bits per heavy atom. The topological polar surface area (TPSA) is 74.0 Å². The lowest BCUT2D eigenvalue weighted by Crippen LogP contribution is -2.38. The Balaban J connectivity index is 1.56. The Kier molecular flexibility index (Phi) is 6.82. The number of aliphatic hydroxyl groups is 1. The smallest absolute Gasteiger partial charge is 0.191 e. The normalized spacial score (nSPS) is 12.9. The number of imidazole rings is 1. The van der Waals surface area contributed by atoms with Gasteiger partial charge in [0.05, 0.1) is 18.8 Å². The first-order chi connectivity index (χ1) is 13.3. The minimum absolute atomic E-state index is 0.0000886. The summed E-state index contributed by atoms with van der Waals surface area (Å²) in [4.78, 5) is 9.26. The zero-order chi connectivity index (χ0) is 18.9. The Labute approximate surface area is 160 Å². The van der Waals surface area contributed by atoms with Crippen molar-refractivity contribution in [1.29, 1.82) is 0 Å². The predicted octanol–water partition coefficient (Wildman–Crippen LogP) is 2.21. The molecule has 0 bridgehead atoms. The second-order valence-corrected chi connectivity index (χ2v) is 6.38. The third-order valence-electron chi connectivity index (χ3n) is 4.39. The van der Waals surface area contributed by atoms with Crippen LogP contribution in [0.2, 0.25) is 0 Å². The van der Waals surface area contributed by atoms with Gasteiger partial charge in [0.1, 0.15) is 5.65 Å². The summed E-state index contributed by atoms with van der Waals surface area (Å²) in [6.07, 6.45) is 4.87. The van der Waals surface area contributed by atoms with Crippen LogP contribution in [0.3, 0.4) is 0 Å². The highest BCUT2D eigenvalue weighted by Gasteiger charge is 2.10. The van der Waals surface area contributed by atoms with Crippen molar-refractivity contribution in [3.05, 3.63) is 72.2 Å². The van der Waals surface area contributed by atoms with Gasteiger partial charge in [-0.05, 0) is 24.6 Å². The fourth-order valence-corrected chi connectivity index (χ4v) is 2.95. The van der Waals surface area contributed by atoms with Crippen molar-refractivity contribution in [1.82, 2.24) is 20.0 Å². The van der Waals surface area contributed by atoms with Gasteiger partial charge in [-0.3, -0.25) is 4.99 Å². The number of benzene rings is 1. The number of nitrogens with zero attached hydrogens (tertiary/aromatic N) is 3. The average Bonchev–Trinajstić information content (AvgIpc) is 3.12. The molecular weight excluding hydrogens is 338 g/mol. The highest BCUT2D eigenvalue weighted by Crippen LogP contribution is 2.14. The molecule has 3 N–H and O–H groups in total. The predicted molar refractivity (Wildman–Crippen MR) is 109 cm³/mol. The summed E-state index contributed by atoms with van der Waals surface area (Å²) in [5.74, 6) is 0.760. The maximum absolute atomic E-state index is 9.70. The average molecular weight is 365 g/mol. The number of nitrogens with one attached hydrogen (secondary N) is 2. The minimum atomic E-state index is 0.0000886. The molecular formula is C21H27N5O. The van der Waals surface area contributed by atoms with Gasteiger partial charge in [0, 0.05) is 37.8 Å². The van der Waals surface area contributed by atoms with Crippen molar-refractivity contribution < 1.29 is 5.11 Å². The van der Waals surface area contributed by atoms with Gasteiger partial charge in [0.2, 0.25) is 0 Å². The van der Waals surface area contributed by atoms with E-state index in [1.807, 2.05) is 66.1 Å². The summed E-state index contributed by atoms with van der Waals surface area (Å²) >= 11 is 0. The molecule has 6 heteroatoms. The van der Waals surface area contributed by atoms with Crippen molar-refractivity contribution in [2.75, 3.05) is 26.2 Å². The van der Waals surface area contributed by atoms with Crippen molar-refractivity contribution in [3.63, 3.8) is 0 Å². The van der Waals surface area contributed by atoms with Crippen LogP contribution in [0.1, 0.15) is 24.1 Å². The lowest BCUT2D eigenvalue weighted by Gasteiger charge is -2.15. The molecule has 0 aliphatic carbocycles. The zero-order valence-corrected chi connectivity index (χ0v) is 15.7. The zero-order valence-electron chi connectivity index (χ0n) is 15.7. The molecule has 0 aliphatic heterocycles. The van der Waals surface area contributed by atoms with E-state index >= 15 is 0 Å². The van der Waals surface area contributed by atoms with Gasteiger partial charge in [-0.15, -0.1) is 0 Å². The van der Waals surface area contributed by atoms with Crippen LogP contribution in [0.5, 0.6) is 0 Å². The summed E-state index contributed by atoms with van der Waals surface area (Å²) in [7, 11) is 0. The SMILES string of the molecule is CCNC(=NCC(CO)c1ccccc1)NCCc1cn2ccccc2n1. The van der Waals surface area contributed by atoms with Crippen LogP contribution in [-0.4, -0.2) is 46.7 Å². The summed E-state index contributed by atoms with van der Waals surface area (Å²) in [6, 6.07) is 16.0. The van der Waals surface area contributed by atoms with E-state index < -0.39 is 0 Å². The van der Waals surface area contributed by atoms with Crippen molar-refractivity contribution in [3.8, 4) is 0 Å². The Bertz CT molecular complexity index is 826. The van der Waals surface area contributed by atoms with E-state index in [1.54, 1.807) is 0 Å². The molecule has 0 radical (unpaired) electrons. The molecule has 1 unspecified atom stereocenters. The lowest BCUT2D eigenvalue weighted by molar-refractivity contribution is 0.268. The second-order valence-electron chi connectivity index (χ2n) is 6.38. The largest absolute Gasteiger partial charge is 0.396 e. The number of rotatable bonds is 8. The molecule has 1 atom stereocenters. The van der Waals surface area contributed by atoms with Gasteiger partial charge in [-0.2, -0.15) is 0 Å². The van der Waals surface area contributed by atoms with Crippen LogP contribution in [-0.2, 0) is 6.42 Å². The van der Waals surface area contributed by atoms with Crippen LogP contribution in [0.25, 0.3) is 5.65 Å². The van der Waals surface area contributed by atoms with E-state index in [1.165, 1.54) is 0 Å². The van der Waals surface area contributed by atoms with Crippen LogP contribution in [0.15, 0.2) is 65.9 Å². The molecule has 0 saturated heterocycles. The van der Waals surface area contributed by atoms with Crippen LogP contribution in [0, 0.1) is 0 Å². The number of aliphatic hydroxyl groups excluding tert-OH is 1. The number of aromatic nitrogens is 2. The molecule has 2 aromatic heterocycles. The van der Waals surface area contributed by atoms with Gasteiger partial charge >= 0.3 is 0 Å². The quantitative estimate of drug-likeness (QED) is 0.423. The number of fused-ring (bicyclic) bond motifs is 1. The van der Waals surface area contributed by atoms with E-state index in [2.05, 4.69) is 26.8 Å². The van der Waals surface area contributed by atoms with Crippen LogP contribution in [0.4, 0.5) is 0 Å². The molecule has 3 aromatic rings. The van der Waals surface area contributed by atoms with Crippen molar-refractivity contribution in [2.24, 2.45) is 4.99 Å². The third-order valence-corrected chi connectivity index (χ3v) is 4.39. The second kappa shape index (κ2) is 9.73. The van der Waals surface area contributed by atoms with E-state index in [4.69, 9.17) is 0 Å². The van der Waals surface area contributed by atoms with Gasteiger partial charge in [-0.1, -0.05) is 36.4 Å². The highest BCUT2D eigenvalue weighted by molar-refractivity contribution is 5.79. The van der Waals surface area contributed by atoms with E-state index in [0.717, 1.165) is 42.4 Å². The molecule has 2 heterocycles. The monoisotopic (exact) mass is 365 g/mol. The molecule has 0 fully saturated rings. The minimum Gasteiger partial charge on any atom is -0.396 e. The summed E-state index contributed by atoms with van der Waals surface area (Å²) in [5.41, 5.74) is 3.10. The Morgan fingerprint density at radius 1 is 1.15 bits per heavy atom. The van der Waals surface area contributed by atoms with Gasteiger partial charge < -0.3 is 20.1 Å². The van der Waals surface area contributed by atoms with E-state index in [0.29, 0.717) is 6.54 Å². The number of guanidine groups is 1. The summed E-state index contributed by atoms with van der Waals surface area (Å²) in [6.45, 7) is 4.18. The molecule has 0 saturated carbocycles. The number of aliphatic imine (C=N–C) groups is 1. The summed E-state index contributed by atoms with van der Waals surface area (Å²) in [5, 5.41) is 16.3. The Morgan fingerprint density at radius 2 is 1.96 bits per heavy atom. The fourth-order valence-electron chi connectivity index (χ4n) is 2.95. The molecule has 27 heavy (non-hydrogen) atoms. The maximum Gasteiger partial charge on any atom is 0.191 e. The molecule has 0 amide bonds. The van der Waals surface area contributed by atoms with Crippen molar-refractivity contribution >= 4 is 11.6 Å². The standard InChI is InChI=1S/C21H27N5O/c1-2-22-21(24-14-18(16-27)17-8-4-3-5-9-17)23-12-11-19-15-26-13-7-6-10-20(26)25-19/h3-10,13,15,18,27H,2,11-12,14,16H2,1H3,(H2,22,23,24). The number of hydrogen-bond donors (Lipinski definition) is 3. The molecule has 0 aliphatic rings. The first-order valence-corrected chi connectivity index (χ1v) is 9.40. The maximum atomic E-state index is 9.70. The van der Waals surface area contributed by atoms with Crippen LogP contribution < -0.4 is 10.6 Å². The number of hydrogen-bond acceptors (Lipinski definition) is 3. The third kappa shape index (κ3) is 5.31. The Hall–Kier alpha value is -2.86. The van der Waals surface area contributed by atoms with Crippen LogP contribution >= 0.6 is 0 Å². The molecule has 1 aromatic carbocycles. The highest BCUT2D eigenvalue weighted by atomic mass is 16.3. The first kappa shape index (κ1) is 18.9. The van der Waals surface area contributed by atoms with E-state index in [9.17, 15) is 5.11 Å². The first-order valence-electron chi connectivity index (χ1n) is 9.40. The van der Waals surface area contributed by atoms with Gasteiger partial charge in [0.25, 0.3) is 0 Å². The molecule has 0 spiro atoms. The summed E-state index contributed by atoms with van der Waals surface area (Å²) < 4.78 is 2.03. The van der Waals surface area contributed by atoms with E-state index in [-0.39, 0.29) is 12.5 Å². The van der Waals surface area contributed by atoms with Gasteiger partial charge in [0.15, 0.2) is 5.96 Å². The lowest BCUT2D eigenvalue weighted by atomic mass is 10.0. The van der Waals surface area contributed by atoms with Gasteiger partial charge in [-0.25, -0.2) is 4.98 Å². The molecule has 142 valence electrons.